The summed E-state index contributed by atoms with van der Waals surface area (Å²) in [4.78, 5) is 37.9. The van der Waals surface area contributed by atoms with E-state index in [0.29, 0.717) is 19.4 Å². The third-order valence-corrected chi connectivity index (χ3v) is 5.20. The SMILES string of the molecule is O=C(CC[C@H]1NC(=O)N(CCc2ccccc2)C1=O)NC1CCCCC1. The summed E-state index contributed by atoms with van der Waals surface area (Å²) in [6.45, 7) is 0.361. The van der Waals surface area contributed by atoms with Crippen LogP contribution in [-0.4, -0.2) is 41.4 Å². The molecule has 1 aliphatic heterocycles. The second-order valence-corrected chi connectivity index (χ2v) is 7.17. The van der Waals surface area contributed by atoms with Crippen LogP contribution in [0.2, 0.25) is 0 Å². The van der Waals surface area contributed by atoms with Crippen LogP contribution in [0.1, 0.15) is 50.5 Å². The van der Waals surface area contributed by atoms with Crippen LogP contribution in [0.25, 0.3) is 0 Å². The second kappa shape index (κ2) is 8.83. The number of hydrogen-bond donors (Lipinski definition) is 2. The van der Waals surface area contributed by atoms with Crippen LogP contribution in [0.15, 0.2) is 30.3 Å². The van der Waals surface area contributed by atoms with Crippen LogP contribution in [0.5, 0.6) is 0 Å². The lowest BCUT2D eigenvalue weighted by Gasteiger charge is -2.22. The Balaban J connectivity index is 1.43. The van der Waals surface area contributed by atoms with E-state index in [4.69, 9.17) is 0 Å². The largest absolute Gasteiger partial charge is 0.353 e. The topological polar surface area (TPSA) is 78.5 Å². The maximum absolute atomic E-state index is 12.5. The summed E-state index contributed by atoms with van der Waals surface area (Å²) >= 11 is 0. The van der Waals surface area contributed by atoms with Crippen molar-refractivity contribution in [3.05, 3.63) is 35.9 Å². The van der Waals surface area contributed by atoms with Crippen LogP contribution >= 0.6 is 0 Å². The molecule has 0 aromatic heterocycles. The molecule has 1 saturated heterocycles. The highest BCUT2D eigenvalue weighted by atomic mass is 16.2. The van der Waals surface area contributed by atoms with E-state index in [-0.39, 0.29) is 30.3 Å². The van der Waals surface area contributed by atoms with Crippen molar-refractivity contribution in [2.45, 2.75) is 63.5 Å². The van der Waals surface area contributed by atoms with E-state index in [2.05, 4.69) is 10.6 Å². The summed E-state index contributed by atoms with van der Waals surface area (Å²) in [7, 11) is 0. The number of imide groups is 1. The van der Waals surface area contributed by atoms with Gasteiger partial charge in [0.25, 0.3) is 5.91 Å². The van der Waals surface area contributed by atoms with E-state index < -0.39 is 6.04 Å². The minimum absolute atomic E-state index is 0.0262. The predicted octanol–water partition coefficient (Wildman–Crippen LogP) is 2.38. The summed E-state index contributed by atoms with van der Waals surface area (Å²) in [6, 6.07) is 9.10. The molecule has 1 aliphatic carbocycles. The van der Waals surface area contributed by atoms with Gasteiger partial charge in [0.1, 0.15) is 6.04 Å². The summed E-state index contributed by atoms with van der Waals surface area (Å²) in [5.41, 5.74) is 1.09. The molecule has 0 spiro atoms. The van der Waals surface area contributed by atoms with Crippen molar-refractivity contribution in [2.75, 3.05) is 6.54 Å². The first-order chi connectivity index (χ1) is 12.6. The van der Waals surface area contributed by atoms with Gasteiger partial charge in [0.15, 0.2) is 0 Å². The molecule has 2 N–H and O–H groups in total. The first kappa shape index (κ1) is 18.4. The van der Waals surface area contributed by atoms with Gasteiger partial charge in [-0.2, -0.15) is 0 Å². The number of benzene rings is 1. The molecular weight excluding hydrogens is 330 g/mol. The number of amides is 4. The van der Waals surface area contributed by atoms with Crippen molar-refractivity contribution in [3.63, 3.8) is 0 Å². The first-order valence-corrected chi connectivity index (χ1v) is 9.58. The minimum Gasteiger partial charge on any atom is -0.353 e. The Morgan fingerprint density at radius 1 is 1.12 bits per heavy atom. The number of urea groups is 1. The van der Waals surface area contributed by atoms with Crippen molar-refractivity contribution >= 4 is 17.8 Å². The standard InChI is InChI=1S/C20H27N3O3/c24-18(21-16-9-5-2-6-10-16)12-11-17-19(25)23(20(26)22-17)14-13-15-7-3-1-4-8-15/h1,3-4,7-8,16-17H,2,5-6,9-14H2,(H,21,24)(H,22,26)/t17-/m1/s1. The van der Waals surface area contributed by atoms with Crippen molar-refractivity contribution in [1.82, 2.24) is 15.5 Å². The third kappa shape index (κ3) is 4.84. The van der Waals surface area contributed by atoms with Crippen LogP contribution in [0.4, 0.5) is 4.79 Å². The summed E-state index contributed by atoms with van der Waals surface area (Å²) in [5.74, 6) is -0.252. The van der Waals surface area contributed by atoms with Gasteiger partial charge < -0.3 is 10.6 Å². The van der Waals surface area contributed by atoms with Crippen LogP contribution in [-0.2, 0) is 16.0 Å². The monoisotopic (exact) mass is 357 g/mol. The van der Waals surface area contributed by atoms with E-state index in [1.807, 2.05) is 30.3 Å². The van der Waals surface area contributed by atoms with E-state index >= 15 is 0 Å². The molecule has 0 radical (unpaired) electrons. The molecule has 1 heterocycles. The zero-order chi connectivity index (χ0) is 18.4. The molecule has 0 unspecified atom stereocenters. The number of carbonyl (C=O) groups is 3. The van der Waals surface area contributed by atoms with Gasteiger partial charge in [-0.05, 0) is 31.2 Å². The molecule has 4 amide bonds. The molecule has 1 saturated carbocycles. The average Bonchev–Trinajstić information content (AvgIpc) is 2.93. The number of carbonyl (C=O) groups excluding carboxylic acids is 3. The fraction of sp³-hybridized carbons (Fsp3) is 0.550. The van der Waals surface area contributed by atoms with Crippen molar-refractivity contribution in [2.24, 2.45) is 0 Å². The highest BCUT2D eigenvalue weighted by Gasteiger charge is 2.37. The van der Waals surface area contributed by atoms with Crippen LogP contribution < -0.4 is 10.6 Å². The average molecular weight is 357 g/mol. The molecule has 1 aromatic carbocycles. The number of nitrogens with zero attached hydrogens (tertiary/aromatic N) is 1. The molecule has 6 nitrogen and oxygen atoms in total. The Morgan fingerprint density at radius 3 is 2.58 bits per heavy atom. The highest BCUT2D eigenvalue weighted by Crippen LogP contribution is 2.18. The van der Waals surface area contributed by atoms with E-state index in [1.54, 1.807) is 0 Å². The molecule has 6 heteroatoms. The second-order valence-electron chi connectivity index (χ2n) is 7.17. The first-order valence-electron chi connectivity index (χ1n) is 9.58. The number of hydrogen-bond acceptors (Lipinski definition) is 3. The van der Waals surface area contributed by atoms with Crippen LogP contribution in [0.3, 0.4) is 0 Å². The Labute approximate surface area is 154 Å². The molecule has 3 rings (SSSR count). The molecule has 140 valence electrons. The van der Waals surface area contributed by atoms with Gasteiger partial charge >= 0.3 is 6.03 Å². The maximum atomic E-state index is 12.5. The lowest BCUT2D eigenvalue weighted by atomic mass is 9.95. The zero-order valence-electron chi connectivity index (χ0n) is 15.1. The van der Waals surface area contributed by atoms with Gasteiger partial charge in [0.2, 0.25) is 5.91 Å². The summed E-state index contributed by atoms with van der Waals surface area (Å²) in [5, 5.41) is 5.76. The Morgan fingerprint density at radius 2 is 1.85 bits per heavy atom. The van der Waals surface area contributed by atoms with Gasteiger partial charge in [0.05, 0.1) is 0 Å². The molecule has 2 fully saturated rings. The smallest absolute Gasteiger partial charge is 0.324 e. The predicted molar refractivity (Wildman–Crippen MR) is 98.4 cm³/mol. The summed E-state index contributed by atoms with van der Waals surface area (Å²) < 4.78 is 0. The summed E-state index contributed by atoms with van der Waals surface area (Å²) in [6.07, 6.45) is 6.90. The quantitative estimate of drug-likeness (QED) is 0.736. The number of rotatable bonds is 7. The molecular formula is C20H27N3O3. The van der Waals surface area contributed by atoms with Gasteiger partial charge in [-0.1, -0.05) is 49.6 Å². The normalized spacial score (nSPS) is 20.9. The number of nitrogens with one attached hydrogen (secondary N) is 2. The van der Waals surface area contributed by atoms with Gasteiger partial charge in [-0.15, -0.1) is 0 Å². The van der Waals surface area contributed by atoms with Crippen molar-refractivity contribution in [3.8, 4) is 0 Å². The fourth-order valence-electron chi connectivity index (χ4n) is 3.69. The Hall–Kier alpha value is -2.37. The Bertz CT molecular complexity index is 641. The molecule has 2 aliphatic rings. The van der Waals surface area contributed by atoms with Crippen molar-refractivity contribution < 1.29 is 14.4 Å². The van der Waals surface area contributed by atoms with Crippen LogP contribution in [0, 0.1) is 0 Å². The van der Waals surface area contributed by atoms with E-state index in [0.717, 1.165) is 18.4 Å². The lowest BCUT2D eigenvalue weighted by molar-refractivity contribution is -0.127. The van der Waals surface area contributed by atoms with Gasteiger partial charge in [-0.25, -0.2) is 4.79 Å². The fourth-order valence-corrected chi connectivity index (χ4v) is 3.69. The third-order valence-electron chi connectivity index (χ3n) is 5.20. The van der Waals surface area contributed by atoms with E-state index in [1.165, 1.54) is 24.2 Å². The Kier molecular flexibility index (Phi) is 6.26. The van der Waals surface area contributed by atoms with Gasteiger partial charge in [-0.3, -0.25) is 14.5 Å². The highest BCUT2D eigenvalue weighted by molar-refractivity contribution is 6.04. The molecule has 1 atom stereocenters. The molecule has 1 aromatic rings. The minimum atomic E-state index is -0.588. The molecule has 26 heavy (non-hydrogen) atoms. The lowest BCUT2D eigenvalue weighted by Crippen LogP contribution is -2.38. The molecule has 0 bridgehead atoms. The van der Waals surface area contributed by atoms with E-state index in [9.17, 15) is 14.4 Å². The van der Waals surface area contributed by atoms with Crippen molar-refractivity contribution in [1.29, 1.82) is 0 Å². The van der Waals surface area contributed by atoms with Gasteiger partial charge in [0, 0.05) is 19.0 Å². The zero-order valence-corrected chi connectivity index (χ0v) is 15.1. The maximum Gasteiger partial charge on any atom is 0.324 e.